The number of nitrogens with zero attached hydrogens (tertiary/aromatic N) is 7. The Labute approximate surface area is 181 Å². The zero-order valence-corrected chi connectivity index (χ0v) is 17.5. The van der Waals surface area contributed by atoms with Crippen LogP contribution in [-0.2, 0) is 13.1 Å². The Balaban J connectivity index is 1.49. The number of aromatic nitrogens is 6. The standard InChI is InChI=1S/C20H18ClF2N7O/c1-29(2)9-13-4-3-5-15(17(13)21)16-11-30(28-25-16)10-14-7-6-12(8-24-14)19-26-27-20(31-19)18(22)23/h3-8,11,18H,9-10H2,1-2H3. The third kappa shape index (κ3) is 4.75. The highest BCUT2D eigenvalue weighted by Gasteiger charge is 2.17. The molecule has 0 bridgehead atoms. The second-order valence-electron chi connectivity index (χ2n) is 7.10. The van der Waals surface area contributed by atoms with Gasteiger partial charge in [-0.05, 0) is 31.8 Å². The van der Waals surface area contributed by atoms with E-state index in [2.05, 4.69) is 25.5 Å². The van der Waals surface area contributed by atoms with Gasteiger partial charge in [0, 0.05) is 18.3 Å². The Morgan fingerprint density at radius 3 is 2.65 bits per heavy atom. The molecule has 0 saturated heterocycles. The summed E-state index contributed by atoms with van der Waals surface area (Å²) in [5.74, 6) is -0.729. The lowest BCUT2D eigenvalue weighted by atomic mass is 10.1. The molecule has 1 aromatic carbocycles. The molecule has 3 heterocycles. The molecular formula is C20H18ClF2N7O. The minimum atomic E-state index is -2.81. The maximum absolute atomic E-state index is 12.6. The molecule has 0 aliphatic carbocycles. The molecule has 0 fully saturated rings. The molecule has 4 rings (SSSR count). The van der Waals surface area contributed by atoms with E-state index in [0.717, 1.165) is 17.7 Å². The highest BCUT2D eigenvalue weighted by Crippen LogP contribution is 2.30. The van der Waals surface area contributed by atoms with Crippen molar-refractivity contribution in [3.8, 4) is 22.7 Å². The monoisotopic (exact) mass is 445 g/mol. The van der Waals surface area contributed by atoms with Crippen LogP contribution in [-0.4, -0.2) is 49.2 Å². The van der Waals surface area contributed by atoms with Gasteiger partial charge in [-0.25, -0.2) is 4.68 Å². The maximum atomic E-state index is 12.6. The lowest BCUT2D eigenvalue weighted by molar-refractivity contribution is 0.116. The second kappa shape index (κ2) is 8.86. The highest BCUT2D eigenvalue weighted by atomic mass is 35.5. The Morgan fingerprint density at radius 2 is 1.97 bits per heavy atom. The lowest BCUT2D eigenvalue weighted by Gasteiger charge is -2.12. The Hall–Kier alpha value is -3.24. The number of rotatable bonds is 7. The van der Waals surface area contributed by atoms with E-state index < -0.39 is 12.3 Å². The Kier molecular flexibility index (Phi) is 6.01. The fraction of sp³-hybridized carbons (Fsp3) is 0.250. The van der Waals surface area contributed by atoms with Crippen LogP contribution in [0, 0.1) is 0 Å². The van der Waals surface area contributed by atoms with Gasteiger partial charge in [-0.2, -0.15) is 8.78 Å². The minimum Gasteiger partial charge on any atom is -0.415 e. The van der Waals surface area contributed by atoms with Gasteiger partial charge >= 0.3 is 6.43 Å². The summed E-state index contributed by atoms with van der Waals surface area (Å²) < 4.78 is 31.8. The summed E-state index contributed by atoms with van der Waals surface area (Å²) in [5.41, 5.74) is 3.62. The smallest absolute Gasteiger partial charge is 0.314 e. The largest absolute Gasteiger partial charge is 0.415 e. The average molecular weight is 446 g/mol. The van der Waals surface area contributed by atoms with Crippen LogP contribution in [0.2, 0.25) is 5.02 Å². The predicted octanol–water partition coefficient (Wildman–Crippen LogP) is 4.09. The molecule has 0 spiro atoms. The van der Waals surface area contributed by atoms with Gasteiger partial charge in [0.25, 0.3) is 5.89 Å². The quantitative estimate of drug-likeness (QED) is 0.423. The molecule has 0 saturated carbocycles. The van der Waals surface area contributed by atoms with Crippen molar-refractivity contribution >= 4 is 11.6 Å². The normalized spacial score (nSPS) is 11.6. The van der Waals surface area contributed by atoms with Crippen molar-refractivity contribution in [2.24, 2.45) is 0 Å². The molecule has 0 N–H and O–H groups in total. The second-order valence-corrected chi connectivity index (χ2v) is 7.48. The Morgan fingerprint density at radius 1 is 1.13 bits per heavy atom. The first-order valence-electron chi connectivity index (χ1n) is 9.30. The summed E-state index contributed by atoms with van der Waals surface area (Å²) in [5, 5.41) is 16.0. The van der Waals surface area contributed by atoms with Gasteiger partial charge in [0.1, 0.15) is 5.69 Å². The van der Waals surface area contributed by atoms with Crippen molar-refractivity contribution in [2.75, 3.05) is 14.1 Å². The van der Waals surface area contributed by atoms with Crippen LogP contribution < -0.4 is 0 Å². The maximum Gasteiger partial charge on any atom is 0.314 e. The van der Waals surface area contributed by atoms with Crippen molar-refractivity contribution in [3.05, 3.63) is 64.9 Å². The summed E-state index contributed by atoms with van der Waals surface area (Å²) in [6.07, 6.45) is 0.466. The lowest BCUT2D eigenvalue weighted by Crippen LogP contribution is -2.11. The van der Waals surface area contributed by atoms with Crippen molar-refractivity contribution in [2.45, 2.75) is 19.5 Å². The molecule has 4 aromatic rings. The fourth-order valence-electron chi connectivity index (χ4n) is 2.99. The van der Waals surface area contributed by atoms with Crippen LogP contribution in [0.15, 0.2) is 47.1 Å². The average Bonchev–Trinajstić information content (AvgIpc) is 3.40. The van der Waals surface area contributed by atoms with E-state index >= 15 is 0 Å². The molecule has 8 nitrogen and oxygen atoms in total. The van der Waals surface area contributed by atoms with Gasteiger partial charge in [0.2, 0.25) is 5.89 Å². The zero-order chi connectivity index (χ0) is 22.0. The van der Waals surface area contributed by atoms with E-state index in [0.29, 0.717) is 28.5 Å². The SMILES string of the molecule is CN(C)Cc1cccc(-c2cn(Cc3ccc(-c4nnc(C(F)F)o4)cn3)nn2)c1Cl. The number of hydrogen-bond acceptors (Lipinski definition) is 7. The molecule has 31 heavy (non-hydrogen) atoms. The third-order valence-corrected chi connectivity index (χ3v) is 4.85. The molecule has 160 valence electrons. The Bertz CT molecular complexity index is 1170. The third-order valence-electron chi connectivity index (χ3n) is 4.40. The van der Waals surface area contributed by atoms with E-state index in [1.165, 1.54) is 6.20 Å². The summed E-state index contributed by atoms with van der Waals surface area (Å²) in [4.78, 5) is 6.36. The molecule has 0 radical (unpaired) electrons. The van der Waals surface area contributed by atoms with Crippen LogP contribution in [0.3, 0.4) is 0 Å². The summed E-state index contributed by atoms with van der Waals surface area (Å²) >= 11 is 6.57. The molecule has 0 unspecified atom stereocenters. The van der Waals surface area contributed by atoms with Crippen molar-refractivity contribution in [1.29, 1.82) is 0 Å². The number of halogens is 3. The number of benzene rings is 1. The van der Waals surface area contributed by atoms with E-state index in [1.807, 2.05) is 37.2 Å². The van der Waals surface area contributed by atoms with E-state index in [1.54, 1.807) is 23.0 Å². The van der Waals surface area contributed by atoms with Gasteiger partial charge in [-0.3, -0.25) is 4.98 Å². The van der Waals surface area contributed by atoms with Crippen LogP contribution in [0.25, 0.3) is 22.7 Å². The van der Waals surface area contributed by atoms with Gasteiger partial charge in [0.05, 0.1) is 29.0 Å². The molecule has 0 aliphatic heterocycles. The zero-order valence-electron chi connectivity index (χ0n) is 16.7. The highest BCUT2D eigenvalue weighted by molar-refractivity contribution is 6.34. The molecule has 3 aromatic heterocycles. The number of alkyl halides is 2. The number of hydrogen-bond donors (Lipinski definition) is 0. The first-order valence-corrected chi connectivity index (χ1v) is 9.68. The molecule has 0 aliphatic rings. The van der Waals surface area contributed by atoms with Crippen molar-refractivity contribution in [1.82, 2.24) is 35.1 Å². The van der Waals surface area contributed by atoms with Gasteiger partial charge in [0.15, 0.2) is 0 Å². The minimum absolute atomic E-state index is 0.00959. The van der Waals surface area contributed by atoms with Crippen LogP contribution in [0.5, 0.6) is 0 Å². The molecule has 0 amide bonds. The van der Waals surface area contributed by atoms with Crippen LogP contribution in [0.1, 0.15) is 23.6 Å². The van der Waals surface area contributed by atoms with Crippen LogP contribution >= 0.6 is 11.6 Å². The van der Waals surface area contributed by atoms with Crippen molar-refractivity contribution in [3.63, 3.8) is 0 Å². The fourth-order valence-corrected chi connectivity index (χ4v) is 3.27. The van der Waals surface area contributed by atoms with Crippen molar-refractivity contribution < 1.29 is 13.2 Å². The molecule has 11 heteroatoms. The van der Waals surface area contributed by atoms with E-state index in [-0.39, 0.29) is 5.89 Å². The number of pyridine rings is 1. The molecular weight excluding hydrogens is 428 g/mol. The topological polar surface area (TPSA) is 85.8 Å². The van der Waals surface area contributed by atoms with Gasteiger partial charge in [-0.15, -0.1) is 15.3 Å². The summed E-state index contributed by atoms with van der Waals surface area (Å²) in [7, 11) is 3.96. The van der Waals surface area contributed by atoms with Gasteiger partial charge in [-0.1, -0.05) is 35.0 Å². The summed E-state index contributed by atoms with van der Waals surface area (Å²) in [6, 6.07) is 9.23. The first kappa shape index (κ1) is 21.0. The van der Waals surface area contributed by atoms with E-state index in [9.17, 15) is 8.78 Å². The first-order chi connectivity index (χ1) is 14.9. The van der Waals surface area contributed by atoms with E-state index in [4.69, 9.17) is 16.0 Å². The molecule has 0 atom stereocenters. The van der Waals surface area contributed by atoms with Crippen LogP contribution in [0.4, 0.5) is 8.78 Å². The van der Waals surface area contributed by atoms with Gasteiger partial charge < -0.3 is 9.32 Å². The summed E-state index contributed by atoms with van der Waals surface area (Å²) in [6.45, 7) is 1.09. The predicted molar refractivity (Wildman–Crippen MR) is 109 cm³/mol.